The summed E-state index contributed by atoms with van der Waals surface area (Å²) >= 11 is 0. The summed E-state index contributed by atoms with van der Waals surface area (Å²) in [5.41, 5.74) is -0.826. The molecule has 2 N–H and O–H groups in total. The largest absolute Gasteiger partial charge is 0.481 e. The summed E-state index contributed by atoms with van der Waals surface area (Å²) in [5.74, 6) is -0.851. The minimum Gasteiger partial charge on any atom is -0.481 e. The number of hydrogen-bond acceptors (Lipinski definition) is 3. The van der Waals surface area contributed by atoms with Crippen LogP contribution in [0.4, 0.5) is 0 Å². The van der Waals surface area contributed by atoms with E-state index in [4.69, 9.17) is 14.9 Å². The number of carboxylic acids is 1. The fourth-order valence-electron chi connectivity index (χ4n) is 1.54. The van der Waals surface area contributed by atoms with E-state index in [1.807, 2.05) is 0 Å². The summed E-state index contributed by atoms with van der Waals surface area (Å²) in [6.07, 6.45) is 1.68. The van der Waals surface area contributed by atoms with Crippen LogP contribution in [0.1, 0.15) is 19.3 Å². The van der Waals surface area contributed by atoms with Crippen molar-refractivity contribution in [1.29, 1.82) is 0 Å². The lowest BCUT2D eigenvalue weighted by Gasteiger charge is -2.32. The fourth-order valence-corrected chi connectivity index (χ4v) is 1.54. The Kier molecular flexibility index (Phi) is 3.05. The van der Waals surface area contributed by atoms with Crippen molar-refractivity contribution >= 4 is 5.97 Å². The van der Waals surface area contributed by atoms with Crippen molar-refractivity contribution in [3.05, 3.63) is 0 Å². The van der Waals surface area contributed by atoms with Crippen molar-refractivity contribution in [2.75, 3.05) is 19.8 Å². The molecule has 0 aromatic carbocycles. The molecule has 70 valence electrons. The second-order valence-electron chi connectivity index (χ2n) is 3.22. The van der Waals surface area contributed by atoms with Gasteiger partial charge in [-0.3, -0.25) is 4.79 Å². The van der Waals surface area contributed by atoms with E-state index in [2.05, 4.69) is 0 Å². The molecular weight excluding hydrogens is 160 g/mol. The lowest BCUT2D eigenvalue weighted by molar-refractivity contribution is -0.158. The fraction of sp³-hybridized carbons (Fsp3) is 0.875. The van der Waals surface area contributed by atoms with Gasteiger partial charge in [-0.25, -0.2) is 0 Å². The molecule has 0 aromatic heterocycles. The molecule has 0 bridgehead atoms. The molecule has 4 nitrogen and oxygen atoms in total. The first-order valence-electron chi connectivity index (χ1n) is 4.13. The van der Waals surface area contributed by atoms with E-state index in [9.17, 15) is 4.79 Å². The molecule has 0 spiro atoms. The minimum absolute atomic E-state index is 0.0876. The maximum Gasteiger partial charge on any atom is 0.312 e. The number of ether oxygens (including phenoxy) is 1. The van der Waals surface area contributed by atoms with E-state index in [1.165, 1.54) is 0 Å². The van der Waals surface area contributed by atoms with E-state index in [0.29, 0.717) is 19.4 Å². The molecule has 12 heavy (non-hydrogen) atoms. The molecule has 4 heteroatoms. The highest BCUT2D eigenvalue weighted by molar-refractivity contribution is 5.74. The van der Waals surface area contributed by atoms with Crippen molar-refractivity contribution in [1.82, 2.24) is 0 Å². The van der Waals surface area contributed by atoms with Crippen molar-refractivity contribution < 1.29 is 19.7 Å². The maximum atomic E-state index is 10.9. The van der Waals surface area contributed by atoms with Crippen molar-refractivity contribution in [2.24, 2.45) is 5.41 Å². The van der Waals surface area contributed by atoms with Crippen LogP contribution in [0.3, 0.4) is 0 Å². The number of aliphatic hydroxyl groups is 1. The molecule has 0 saturated carbocycles. The van der Waals surface area contributed by atoms with Gasteiger partial charge in [-0.2, -0.15) is 0 Å². The average Bonchev–Trinajstić information content (AvgIpc) is 2.06. The highest BCUT2D eigenvalue weighted by Crippen LogP contribution is 2.32. The zero-order valence-corrected chi connectivity index (χ0v) is 6.95. The van der Waals surface area contributed by atoms with Gasteiger partial charge in [0.05, 0.1) is 12.0 Å². The van der Waals surface area contributed by atoms with Crippen LogP contribution < -0.4 is 0 Å². The van der Waals surface area contributed by atoms with E-state index < -0.39 is 11.4 Å². The van der Waals surface area contributed by atoms with Crippen LogP contribution in [0.15, 0.2) is 0 Å². The predicted octanol–water partition coefficient (Wildman–Crippen LogP) is 0.250. The van der Waals surface area contributed by atoms with Gasteiger partial charge in [0.25, 0.3) is 0 Å². The summed E-state index contributed by atoms with van der Waals surface area (Å²) in [6, 6.07) is 0. The number of rotatable bonds is 3. The van der Waals surface area contributed by atoms with Crippen molar-refractivity contribution in [2.45, 2.75) is 19.3 Å². The number of hydrogen-bond donors (Lipinski definition) is 2. The molecule has 0 amide bonds. The van der Waals surface area contributed by atoms with Gasteiger partial charge in [0.15, 0.2) is 0 Å². The molecule has 1 atom stereocenters. The lowest BCUT2D eigenvalue weighted by atomic mass is 9.80. The van der Waals surface area contributed by atoms with Crippen molar-refractivity contribution in [3.8, 4) is 0 Å². The SMILES string of the molecule is O=C(O)C1(CCO)CCCOC1. The number of aliphatic hydroxyl groups excluding tert-OH is 1. The second kappa shape index (κ2) is 3.87. The summed E-state index contributed by atoms with van der Waals surface area (Å²) in [4.78, 5) is 10.9. The molecule has 1 heterocycles. The second-order valence-corrected chi connectivity index (χ2v) is 3.22. The van der Waals surface area contributed by atoms with Crippen LogP contribution in [-0.2, 0) is 9.53 Å². The first-order chi connectivity index (χ1) is 5.71. The summed E-state index contributed by atoms with van der Waals surface area (Å²) in [5, 5.41) is 17.6. The molecule has 1 saturated heterocycles. The average molecular weight is 174 g/mol. The zero-order chi connectivity index (χ0) is 9.03. The lowest BCUT2D eigenvalue weighted by Crippen LogP contribution is -2.40. The Hall–Kier alpha value is -0.610. The maximum absolute atomic E-state index is 10.9. The zero-order valence-electron chi connectivity index (χ0n) is 6.95. The van der Waals surface area contributed by atoms with Gasteiger partial charge in [-0.15, -0.1) is 0 Å². The van der Waals surface area contributed by atoms with E-state index in [0.717, 1.165) is 6.42 Å². The van der Waals surface area contributed by atoms with E-state index in [-0.39, 0.29) is 13.2 Å². The molecule has 0 radical (unpaired) electrons. The van der Waals surface area contributed by atoms with Gasteiger partial charge in [-0.05, 0) is 19.3 Å². The minimum atomic E-state index is -0.851. The first kappa shape index (κ1) is 9.48. The highest BCUT2D eigenvalue weighted by Gasteiger charge is 2.39. The van der Waals surface area contributed by atoms with Gasteiger partial charge in [0.2, 0.25) is 0 Å². The number of carboxylic acid groups (broad SMARTS) is 1. The highest BCUT2D eigenvalue weighted by atomic mass is 16.5. The van der Waals surface area contributed by atoms with Crippen LogP contribution in [0.25, 0.3) is 0 Å². The molecule has 1 unspecified atom stereocenters. The molecule has 0 aromatic rings. The Morgan fingerprint density at radius 2 is 2.33 bits per heavy atom. The normalized spacial score (nSPS) is 30.1. The van der Waals surface area contributed by atoms with Gasteiger partial charge in [-0.1, -0.05) is 0 Å². The van der Waals surface area contributed by atoms with Gasteiger partial charge >= 0.3 is 5.97 Å². The first-order valence-corrected chi connectivity index (χ1v) is 4.13. The van der Waals surface area contributed by atoms with Crippen LogP contribution in [0.5, 0.6) is 0 Å². The Balaban J connectivity index is 2.63. The Morgan fingerprint density at radius 1 is 1.58 bits per heavy atom. The number of carbonyl (C=O) groups is 1. The van der Waals surface area contributed by atoms with Gasteiger partial charge in [0.1, 0.15) is 0 Å². The van der Waals surface area contributed by atoms with Crippen LogP contribution in [0, 0.1) is 5.41 Å². The molecular formula is C8H14O4. The third-order valence-electron chi connectivity index (χ3n) is 2.37. The van der Waals surface area contributed by atoms with Crippen LogP contribution >= 0.6 is 0 Å². The molecule has 0 aliphatic carbocycles. The summed E-state index contributed by atoms with van der Waals surface area (Å²) < 4.78 is 5.11. The Morgan fingerprint density at radius 3 is 2.75 bits per heavy atom. The summed E-state index contributed by atoms with van der Waals surface area (Å²) in [6.45, 7) is 0.791. The van der Waals surface area contributed by atoms with Crippen molar-refractivity contribution in [3.63, 3.8) is 0 Å². The van der Waals surface area contributed by atoms with E-state index in [1.54, 1.807) is 0 Å². The third kappa shape index (κ3) is 1.76. The standard InChI is InChI=1S/C8H14O4/c9-4-3-8(7(10)11)2-1-5-12-6-8/h9H,1-6H2,(H,10,11). The number of aliphatic carboxylic acids is 1. The van der Waals surface area contributed by atoms with Crippen LogP contribution in [-0.4, -0.2) is 36.0 Å². The molecule has 1 fully saturated rings. The Labute approximate surface area is 71.2 Å². The molecule has 1 rings (SSSR count). The van der Waals surface area contributed by atoms with Crippen LogP contribution in [0.2, 0.25) is 0 Å². The van der Waals surface area contributed by atoms with E-state index >= 15 is 0 Å². The van der Waals surface area contributed by atoms with Gasteiger partial charge < -0.3 is 14.9 Å². The monoisotopic (exact) mass is 174 g/mol. The topological polar surface area (TPSA) is 66.8 Å². The van der Waals surface area contributed by atoms with Gasteiger partial charge in [0, 0.05) is 13.2 Å². The smallest absolute Gasteiger partial charge is 0.312 e. The quantitative estimate of drug-likeness (QED) is 0.643. The summed E-state index contributed by atoms with van der Waals surface area (Å²) in [7, 11) is 0. The molecule has 1 aliphatic rings. The Bertz CT molecular complexity index is 155. The molecule has 1 aliphatic heterocycles. The predicted molar refractivity (Wildman–Crippen MR) is 41.8 cm³/mol. The third-order valence-corrected chi connectivity index (χ3v) is 2.37.